The molecule has 78 valence electrons. The Morgan fingerprint density at radius 3 is 2.93 bits per heavy atom. The van der Waals surface area contributed by atoms with Crippen LogP contribution in [0.1, 0.15) is 13.3 Å². The summed E-state index contributed by atoms with van der Waals surface area (Å²) in [6, 6.07) is 8.13. The highest BCUT2D eigenvalue weighted by atomic mass is 79.9. The molecule has 0 atom stereocenters. The summed E-state index contributed by atoms with van der Waals surface area (Å²) in [5.41, 5.74) is 1.12. The monoisotopic (exact) mass is 257 g/mol. The maximum atomic E-state index is 5.36. The minimum absolute atomic E-state index is 0.764. The second kappa shape index (κ2) is 6.85. The molecule has 0 bridgehead atoms. The van der Waals surface area contributed by atoms with E-state index < -0.39 is 0 Å². The first-order chi connectivity index (χ1) is 6.83. The van der Waals surface area contributed by atoms with Crippen molar-refractivity contribution >= 4 is 21.6 Å². The molecule has 0 radical (unpaired) electrons. The Morgan fingerprint density at radius 1 is 1.36 bits per heavy atom. The van der Waals surface area contributed by atoms with E-state index in [1.807, 2.05) is 18.2 Å². The Kier molecular flexibility index (Phi) is 5.64. The summed E-state index contributed by atoms with van der Waals surface area (Å²) in [4.78, 5) is 0. The van der Waals surface area contributed by atoms with Crippen LogP contribution in [0.4, 0.5) is 5.69 Å². The zero-order chi connectivity index (χ0) is 10.2. The number of rotatable bonds is 6. The molecule has 3 heteroatoms. The van der Waals surface area contributed by atoms with Crippen molar-refractivity contribution < 1.29 is 4.74 Å². The van der Waals surface area contributed by atoms with Gasteiger partial charge in [0.2, 0.25) is 0 Å². The summed E-state index contributed by atoms with van der Waals surface area (Å²) in [5.74, 6) is 0. The number of ether oxygens (including phenoxy) is 1. The van der Waals surface area contributed by atoms with Crippen molar-refractivity contribution in [3.63, 3.8) is 0 Å². The Bertz CT molecular complexity index is 265. The molecule has 0 spiro atoms. The van der Waals surface area contributed by atoms with Crippen LogP contribution in [-0.2, 0) is 4.74 Å². The molecule has 0 amide bonds. The first kappa shape index (κ1) is 11.5. The van der Waals surface area contributed by atoms with Crippen LogP contribution in [0.3, 0.4) is 0 Å². The van der Waals surface area contributed by atoms with Crippen molar-refractivity contribution in [2.45, 2.75) is 13.3 Å². The van der Waals surface area contributed by atoms with Crippen LogP contribution in [0.2, 0.25) is 0 Å². The molecule has 0 aromatic heterocycles. The van der Waals surface area contributed by atoms with Crippen LogP contribution >= 0.6 is 15.9 Å². The SMILES string of the molecule is CCCOCCNc1cccc(Br)c1. The van der Waals surface area contributed by atoms with Crippen LogP contribution in [0, 0.1) is 0 Å². The van der Waals surface area contributed by atoms with Crippen molar-refractivity contribution in [2.24, 2.45) is 0 Å². The van der Waals surface area contributed by atoms with E-state index in [9.17, 15) is 0 Å². The average Bonchev–Trinajstić information content (AvgIpc) is 2.18. The molecule has 0 saturated heterocycles. The van der Waals surface area contributed by atoms with Gasteiger partial charge in [0.25, 0.3) is 0 Å². The lowest BCUT2D eigenvalue weighted by atomic mass is 10.3. The fourth-order valence-electron chi connectivity index (χ4n) is 1.11. The van der Waals surface area contributed by atoms with Gasteiger partial charge in [-0.15, -0.1) is 0 Å². The summed E-state index contributed by atoms with van der Waals surface area (Å²) >= 11 is 3.42. The fraction of sp³-hybridized carbons (Fsp3) is 0.455. The van der Waals surface area contributed by atoms with E-state index in [0.717, 1.165) is 36.3 Å². The molecule has 0 aliphatic heterocycles. The smallest absolute Gasteiger partial charge is 0.0639 e. The maximum Gasteiger partial charge on any atom is 0.0639 e. The third kappa shape index (κ3) is 4.63. The van der Waals surface area contributed by atoms with E-state index >= 15 is 0 Å². The van der Waals surface area contributed by atoms with Gasteiger partial charge in [0.15, 0.2) is 0 Å². The average molecular weight is 258 g/mol. The van der Waals surface area contributed by atoms with E-state index in [1.54, 1.807) is 0 Å². The van der Waals surface area contributed by atoms with E-state index in [4.69, 9.17) is 4.74 Å². The number of hydrogen-bond donors (Lipinski definition) is 1. The molecule has 0 saturated carbocycles. The van der Waals surface area contributed by atoms with Gasteiger partial charge in [-0.25, -0.2) is 0 Å². The molecule has 0 heterocycles. The minimum Gasteiger partial charge on any atom is -0.383 e. The lowest BCUT2D eigenvalue weighted by molar-refractivity contribution is 0.144. The standard InChI is InChI=1S/C11H16BrNO/c1-2-7-14-8-6-13-11-5-3-4-10(12)9-11/h3-5,9,13H,2,6-8H2,1H3. The third-order valence-corrected chi connectivity index (χ3v) is 2.24. The highest BCUT2D eigenvalue weighted by molar-refractivity contribution is 9.10. The quantitative estimate of drug-likeness (QED) is 0.790. The van der Waals surface area contributed by atoms with Crippen molar-refractivity contribution in [1.82, 2.24) is 0 Å². The summed E-state index contributed by atoms with van der Waals surface area (Å²) in [7, 11) is 0. The normalized spacial score (nSPS) is 10.1. The summed E-state index contributed by atoms with van der Waals surface area (Å²) in [5, 5.41) is 3.29. The van der Waals surface area contributed by atoms with Gasteiger partial charge in [0, 0.05) is 23.3 Å². The van der Waals surface area contributed by atoms with Crippen LogP contribution in [0.25, 0.3) is 0 Å². The van der Waals surface area contributed by atoms with Gasteiger partial charge in [0.1, 0.15) is 0 Å². The lowest BCUT2D eigenvalue weighted by Crippen LogP contribution is -2.09. The van der Waals surface area contributed by atoms with E-state index in [-0.39, 0.29) is 0 Å². The fourth-order valence-corrected chi connectivity index (χ4v) is 1.51. The molecule has 1 N–H and O–H groups in total. The summed E-state index contributed by atoms with van der Waals surface area (Å²) in [6.45, 7) is 4.58. The minimum atomic E-state index is 0.764. The molecule has 0 aliphatic carbocycles. The highest BCUT2D eigenvalue weighted by Crippen LogP contribution is 2.14. The second-order valence-electron chi connectivity index (χ2n) is 3.05. The molecule has 1 aromatic carbocycles. The lowest BCUT2D eigenvalue weighted by Gasteiger charge is -2.06. The van der Waals surface area contributed by atoms with Crippen molar-refractivity contribution in [3.8, 4) is 0 Å². The van der Waals surface area contributed by atoms with E-state index in [1.165, 1.54) is 0 Å². The largest absolute Gasteiger partial charge is 0.383 e. The van der Waals surface area contributed by atoms with Crippen LogP contribution < -0.4 is 5.32 Å². The molecule has 0 unspecified atom stereocenters. The van der Waals surface area contributed by atoms with Gasteiger partial charge in [-0.1, -0.05) is 28.9 Å². The van der Waals surface area contributed by atoms with Crippen molar-refractivity contribution in [2.75, 3.05) is 25.1 Å². The van der Waals surface area contributed by atoms with E-state index in [0.29, 0.717) is 0 Å². The molecule has 2 nitrogen and oxygen atoms in total. The van der Waals surface area contributed by atoms with Gasteiger partial charge < -0.3 is 10.1 Å². The zero-order valence-corrected chi connectivity index (χ0v) is 10.0. The van der Waals surface area contributed by atoms with Crippen LogP contribution in [0.15, 0.2) is 28.7 Å². The first-order valence-corrected chi connectivity index (χ1v) is 5.69. The Hall–Kier alpha value is -0.540. The molecule has 1 aromatic rings. The van der Waals surface area contributed by atoms with Gasteiger partial charge in [-0.05, 0) is 24.6 Å². The molecule has 0 fully saturated rings. The van der Waals surface area contributed by atoms with Crippen LogP contribution in [-0.4, -0.2) is 19.8 Å². The number of hydrogen-bond acceptors (Lipinski definition) is 2. The Balaban J connectivity index is 2.18. The number of benzene rings is 1. The first-order valence-electron chi connectivity index (χ1n) is 4.90. The number of nitrogens with one attached hydrogen (secondary N) is 1. The van der Waals surface area contributed by atoms with Gasteiger partial charge in [-0.3, -0.25) is 0 Å². The third-order valence-electron chi connectivity index (χ3n) is 1.75. The molecule has 0 aliphatic rings. The van der Waals surface area contributed by atoms with Gasteiger partial charge in [0.05, 0.1) is 6.61 Å². The molecular weight excluding hydrogens is 242 g/mol. The highest BCUT2D eigenvalue weighted by Gasteiger charge is 1.92. The van der Waals surface area contributed by atoms with Crippen LogP contribution in [0.5, 0.6) is 0 Å². The predicted molar refractivity (Wildman–Crippen MR) is 63.7 cm³/mol. The van der Waals surface area contributed by atoms with Gasteiger partial charge >= 0.3 is 0 Å². The number of anilines is 1. The topological polar surface area (TPSA) is 21.3 Å². The second-order valence-corrected chi connectivity index (χ2v) is 3.97. The zero-order valence-electron chi connectivity index (χ0n) is 8.42. The predicted octanol–water partition coefficient (Wildman–Crippen LogP) is 3.29. The molecule has 14 heavy (non-hydrogen) atoms. The van der Waals surface area contributed by atoms with Crippen molar-refractivity contribution in [1.29, 1.82) is 0 Å². The van der Waals surface area contributed by atoms with E-state index in [2.05, 4.69) is 34.2 Å². The molecular formula is C11H16BrNO. The number of halogens is 1. The Labute approximate surface area is 93.8 Å². The maximum absolute atomic E-state index is 5.36. The van der Waals surface area contributed by atoms with Gasteiger partial charge in [-0.2, -0.15) is 0 Å². The summed E-state index contributed by atoms with van der Waals surface area (Å²) < 4.78 is 6.45. The van der Waals surface area contributed by atoms with Crippen molar-refractivity contribution in [3.05, 3.63) is 28.7 Å². The Morgan fingerprint density at radius 2 is 2.21 bits per heavy atom. The summed E-state index contributed by atoms with van der Waals surface area (Å²) in [6.07, 6.45) is 1.08. The molecule has 1 rings (SSSR count).